The fraction of sp³-hybridized carbons (Fsp3) is 0.176. The molecular weight excluding hydrogens is 320 g/mol. The summed E-state index contributed by atoms with van der Waals surface area (Å²) in [5, 5.41) is 2.32. The van der Waals surface area contributed by atoms with Crippen molar-refractivity contribution in [3.8, 4) is 5.75 Å². The molecule has 24 heavy (non-hydrogen) atoms. The molecule has 0 aromatic heterocycles. The number of nitrogens with one attached hydrogen (secondary N) is 1. The number of halogens is 2. The van der Waals surface area contributed by atoms with Gasteiger partial charge in [0.15, 0.2) is 11.6 Å². The van der Waals surface area contributed by atoms with Crippen molar-refractivity contribution in [3.05, 3.63) is 65.2 Å². The molecule has 2 rings (SSSR count). The molecule has 1 N–H and O–H groups in total. The third-order valence-electron chi connectivity index (χ3n) is 3.10. The molecule has 0 heterocycles. The SMILES string of the molecule is COc1ccc(COC(=O)CNC(=O)c2cccc(F)c2)cc1F. The molecule has 0 saturated heterocycles. The molecule has 0 aliphatic heterocycles. The van der Waals surface area contributed by atoms with Crippen LogP contribution >= 0.6 is 0 Å². The molecule has 0 aliphatic carbocycles. The van der Waals surface area contributed by atoms with Gasteiger partial charge >= 0.3 is 5.97 Å². The minimum Gasteiger partial charge on any atom is -0.494 e. The van der Waals surface area contributed by atoms with Gasteiger partial charge in [-0.25, -0.2) is 8.78 Å². The van der Waals surface area contributed by atoms with E-state index in [0.29, 0.717) is 5.56 Å². The highest BCUT2D eigenvalue weighted by Gasteiger charge is 2.10. The summed E-state index contributed by atoms with van der Waals surface area (Å²) in [4.78, 5) is 23.3. The van der Waals surface area contributed by atoms with Crippen LogP contribution in [0.25, 0.3) is 0 Å². The van der Waals surface area contributed by atoms with Crippen molar-refractivity contribution < 1.29 is 27.8 Å². The van der Waals surface area contributed by atoms with Crippen LogP contribution in [-0.4, -0.2) is 25.5 Å². The molecule has 0 atom stereocenters. The Labute approximate surface area is 137 Å². The molecule has 0 aliphatic rings. The van der Waals surface area contributed by atoms with Gasteiger partial charge in [-0.1, -0.05) is 12.1 Å². The lowest BCUT2D eigenvalue weighted by Crippen LogP contribution is -2.30. The molecule has 0 unspecified atom stereocenters. The van der Waals surface area contributed by atoms with Crippen molar-refractivity contribution in [2.75, 3.05) is 13.7 Å². The minimum atomic E-state index is -0.698. The molecule has 0 fully saturated rings. The zero-order valence-corrected chi connectivity index (χ0v) is 12.8. The average molecular weight is 335 g/mol. The Bertz CT molecular complexity index is 749. The maximum atomic E-state index is 13.5. The number of rotatable bonds is 6. The summed E-state index contributed by atoms with van der Waals surface area (Å²) in [5.41, 5.74) is 0.540. The molecule has 0 saturated carbocycles. The third-order valence-corrected chi connectivity index (χ3v) is 3.10. The Morgan fingerprint density at radius 3 is 2.58 bits per heavy atom. The van der Waals surface area contributed by atoms with E-state index in [-0.39, 0.29) is 24.5 Å². The van der Waals surface area contributed by atoms with Crippen LogP contribution in [-0.2, 0) is 16.1 Å². The molecule has 7 heteroatoms. The van der Waals surface area contributed by atoms with E-state index in [9.17, 15) is 18.4 Å². The summed E-state index contributed by atoms with van der Waals surface area (Å²) in [5.74, 6) is -2.32. The Morgan fingerprint density at radius 2 is 1.92 bits per heavy atom. The highest BCUT2D eigenvalue weighted by Crippen LogP contribution is 2.18. The average Bonchev–Trinajstić information content (AvgIpc) is 2.58. The molecule has 0 radical (unpaired) electrons. The van der Waals surface area contributed by atoms with E-state index in [0.717, 1.165) is 6.07 Å². The van der Waals surface area contributed by atoms with Gasteiger partial charge in [0.05, 0.1) is 7.11 Å². The van der Waals surface area contributed by atoms with Crippen molar-refractivity contribution in [3.63, 3.8) is 0 Å². The maximum Gasteiger partial charge on any atom is 0.325 e. The second-order valence-corrected chi connectivity index (χ2v) is 4.82. The summed E-state index contributed by atoms with van der Waals surface area (Å²) in [6.07, 6.45) is 0. The van der Waals surface area contributed by atoms with E-state index in [1.54, 1.807) is 6.07 Å². The Balaban J connectivity index is 1.81. The van der Waals surface area contributed by atoms with Crippen LogP contribution in [0.5, 0.6) is 5.75 Å². The highest BCUT2D eigenvalue weighted by molar-refractivity contribution is 5.95. The summed E-state index contributed by atoms with van der Waals surface area (Å²) < 4.78 is 36.2. The van der Waals surface area contributed by atoms with Crippen LogP contribution in [0.15, 0.2) is 42.5 Å². The maximum absolute atomic E-state index is 13.5. The van der Waals surface area contributed by atoms with Gasteiger partial charge in [0, 0.05) is 5.56 Å². The monoisotopic (exact) mass is 335 g/mol. The van der Waals surface area contributed by atoms with E-state index in [1.165, 1.54) is 37.4 Å². The topological polar surface area (TPSA) is 64.6 Å². The van der Waals surface area contributed by atoms with Gasteiger partial charge in [-0.3, -0.25) is 9.59 Å². The number of carbonyl (C=O) groups is 2. The molecule has 0 spiro atoms. The summed E-state index contributed by atoms with van der Waals surface area (Å²) in [7, 11) is 1.35. The molecular formula is C17H15F2NO4. The van der Waals surface area contributed by atoms with Crippen LogP contribution < -0.4 is 10.1 Å². The number of hydrogen-bond donors (Lipinski definition) is 1. The number of amides is 1. The number of ether oxygens (including phenoxy) is 2. The number of methoxy groups -OCH3 is 1. The normalized spacial score (nSPS) is 10.1. The summed E-state index contributed by atoms with van der Waals surface area (Å²) >= 11 is 0. The highest BCUT2D eigenvalue weighted by atomic mass is 19.1. The van der Waals surface area contributed by atoms with Crippen molar-refractivity contribution in [1.29, 1.82) is 0 Å². The molecule has 5 nitrogen and oxygen atoms in total. The number of esters is 1. The van der Waals surface area contributed by atoms with Crippen LogP contribution in [0, 0.1) is 11.6 Å². The predicted octanol–water partition coefficient (Wildman–Crippen LogP) is 2.45. The van der Waals surface area contributed by atoms with Crippen LogP contribution in [0.3, 0.4) is 0 Å². The van der Waals surface area contributed by atoms with Crippen molar-refractivity contribution >= 4 is 11.9 Å². The van der Waals surface area contributed by atoms with E-state index < -0.39 is 23.5 Å². The fourth-order valence-electron chi connectivity index (χ4n) is 1.90. The van der Waals surface area contributed by atoms with Crippen molar-refractivity contribution in [2.24, 2.45) is 0 Å². The van der Waals surface area contributed by atoms with Crippen molar-refractivity contribution in [2.45, 2.75) is 6.61 Å². The van der Waals surface area contributed by atoms with Gasteiger partial charge in [-0.15, -0.1) is 0 Å². The standard InChI is InChI=1S/C17H15F2NO4/c1-23-15-6-5-11(7-14(15)19)10-24-16(21)9-20-17(22)12-3-2-4-13(18)8-12/h2-8H,9-10H2,1H3,(H,20,22). The minimum absolute atomic E-state index is 0.0902. The predicted molar refractivity (Wildman–Crippen MR) is 81.5 cm³/mol. The van der Waals surface area contributed by atoms with Crippen molar-refractivity contribution in [1.82, 2.24) is 5.32 Å². The van der Waals surface area contributed by atoms with E-state index in [4.69, 9.17) is 9.47 Å². The lowest BCUT2D eigenvalue weighted by Gasteiger charge is -2.08. The first-order chi connectivity index (χ1) is 11.5. The molecule has 0 bridgehead atoms. The zero-order valence-electron chi connectivity index (χ0n) is 12.8. The van der Waals surface area contributed by atoms with E-state index in [2.05, 4.69) is 5.32 Å². The zero-order chi connectivity index (χ0) is 17.5. The first-order valence-electron chi connectivity index (χ1n) is 7.01. The summed E-state index contributed by atoms with van der Waals surface area (Å²) in [6, 6.07) is 9.24. The molecule has 2 aromatic carbocycles. The van der Waals surface area contributed by atoms with E-state index >= 15 is 0 Å². The lowest BCUT2D eigenvalue weighted by atomic mass is 10.2. The fourth-order valence-corrected chi connectivity index (χ4v) is 1.90. The molecule has 126 valence electrons. The van der Waals surface area contributed by atoms with Gasteiger partial charge in [0.25, 0.3) is 5.91 Å². The lowest BCUT2D eigenvalue weighted by molar-refractivity contribution is -0.143. The number of benzene rings is 2. The van der Waals surface area contributed by atoms with E-state index in [1.807, 2.05) is 0 Å². The van der Waals surface area contributed by atoms with Gasteiger partial charge < -0.3 is 14.8 Å². The third kappa shape index (κ3) is 4.77. The van der Waals surface area contributed by atoms with Gasteiger partial charge in [0.2, 0.25) is 0 Å². The first-order valence-corrected chi connectivity index (χ1v) is 7.01. The Kier molecular flexibility index (Phi) is 5.83. The van der Waals surface area contributed by atoms with Gasteiger partial charge in [-0.2, -0.15) is 0 Å². The second kappa shape index (κ2) is 8.05. The van der Waals surface area contributed by atoms with Crippen LogP contribution in [0.1, 0.15) is 15.9 Å². The smallest absolute Gasteiger partial charge is 0.325 e. The first kappa shape index (κ1) is 17.4. The Hall–Kier alpha value is -2.96. The quantitative estimate of drug-likeness (QED) is 0.824. The number of carbonyl (C=O) groups excluding carboxylic acids is 2. The number of hydrogen-bond acceptors (Lipinski definition) is 4. The second-order valence-electron chi connectivity index (χ2n) is 4.82. The Morgan fingerprint density at radius 1 is 1.12 bits per heavy atom. The van der Waals surface area contributed by atoms with Gasteiger partial charge in [-0.05, 0) is 35.9 Å². The largest absolute Gasteiger partial charge is 0.494 e. The van der Waals surface area contributed by atoms with Crippen LogP contribution in [0.4, 0.5) is 8.78 Å². The van der Waals surface area contributed by atoms with Gasteiger partial charge in [0.1, 0.15) is 19.0 Å². The van der Waals surface area contributed by atoms with Crippen LogP contribution in [0.2, 0.25) is 0 Å². The molecule has 1 amide bonds. The molecule has 2 aromatic rings. The summed E-state index contributed by atoms with van der Waals surface area (Å²) in [6.45, 7) is -0.524.